The SMILES string of the molecule is CCCCCC(CNCC(C)C)Cc1ccccc1Cl. The van der Waals surface area contributed by atoms with Crippen LogP contribution in [0.2, 0.25) is 5.02 Å². The van der Waals surface area contributed by atoms with Crippen LogP contribution in [0.5, 0.6) is 0 Å². The van der Waals surface area contributed by atoms with Crippen LogP contribution in [0.3, 0.4) is 0 Å². The minimum absolute atomic E-state index is 0.695. The van der Waals surface area contributed by atoms with Gasteiger partial charge in [-0.05, 0) is 49.4 Å². The molecule has 1 rings (SSSR count). The Bertz CT molecular complexity index is 362. The van der Waals surface area contributed by atoms with E-state index in [1.54, 1.807) is 0 Å². The maximum atomic E-state index is 6.29. The fraction of sp³-hybridized carbons (Fsp3) is 0.667. The number of hydrogen-bond donors (Lipinski definition) is 1. The summed E-state index contributed by atoms with van der Waals surface area (Å²) in [5, 5.41) is 4.52. The maximum Gasteiger partial charge on any atom is 0.0438 e. The van der Waals surface area contributed by atoms with E-state index < -0.39 is 0 Å². The van der Waals surface area contributed by atoms with Crippen LogP contribution in [0.4, 0.5) is 0 Å². The second-order valence-electron chi connectivity index (χ2n) is 6.21. The molecule has 0 aliphatic carbocycles. The third kappa shape index (κ3) is 7.31. The van der Waals surface area contributed by atoms with Gasteiger partial charge in [-0.25, -0.2) is 0 Å². The topological polar surface area (TPSA) is 12.0 Å². The Hall–Kier alpha value is -0.530. The molecule has 1 N–H and O–H groups in total. The van der Waals surface area contributed by atoms with Crippen molar-refractivity contribution in [3.8, 4) is 0 Å². The van der Waals surface area contributed by atoms with Crippen molar-refractivity contribution in [3.63, 3.8) is 0 Å². The normalized spacial score (nSPS) is 12.8. The average molecular weight is 296 g/mol. The number of benzene rings is 1. The van der Waals surface area contributed by atoms with Crippen LogP contribution >= 0.6 is 11.6 Å². The maximum absolute atomic E-state index is 6.29. The van der Waals surface area contributed by atoms with E-state index in [4.69, 9.17) is 11.6 Å². The van der Waals surface area contributed by atoms with Gasteiger partial charge in [-0.2, -0.15) is 0 Å². The van der Waals surface area contributed by atoms with Crippen molar-refractivity contribution in [2.75, 3.05) is 13.1 Å². The molecule has 0 fully saturated rings. The fourth-order valence-electron chi connectivity index (χ4n) is 2.51. The van der Waals surface area contributed by atoms with Crippen molar-refractivity contribution >= 4 is 11.6 Å². The number of unbranched alkanes of at least 4 members (excludes halogenated alkanes) is 2. The van der Waals surface area contributed by atoms with E-state index in [1.165, 1.54) is 31.2 Å². The van der Waals surface area contributed by atoms with E-state index in [0.29, 0.717) is 11.8 Å². The summed E-state index contributed by atoms with van der Waals surface area (Å²) in [5.74, 6) is 1.41. The van der Waals surface area contributed by atoms with Gasteiger partial charge in [-0.15, -0.1) is 0 Å². The van der Waals surface area contributed by atoms with Crippen molar-refractivity contribution in [1.29, 1.82) is 0 Å². The van der Waals surface area contributed by atoms with Gasteiger partial charge >= 0.3 is 0 Å². The number of hydrogen-bond acceptors (Lipinski definition) is 1. The highest BCUT2D eigenvalue weighted by molar-refractivity contribution is 6.31. The van der Waals surface area contributed by atoms with Crippen LogP contribution in [-0.4, -0.2) is 13.1 Å². The Morgan fingerprint density at radius 2 is 1.85 bits per heavy atom. The molecule has 0 radical (unpaired) electrons. The molecule has 0 aliphatic heterocycles. The quantitative estimate of drug-likeness (QED) is 0.576. The molecule has 0 spiro atoms. The van der Waals surface area contributed by atoms with Gasteiger partial charge in [0.05, 0.1) is 0 Å². The van der Waals surface area contributed by atoms with Crippen LogP contribution in [-0.2, 0) is 6.42 Å². The van der Waals surface area contributed by atoms with Gasteiger partial charge in [0, 0.05) is 5.02 Å². The lowest BCUT2D eigenvalue weighted by molar-refractivity contribution is 0.409. The molecule has 0 saturated carbocycles. The zero-order chi connectivity index (χ0) is 14.8. The van der Waals surface area contributed by atoms with Crippen molar-refractivity contribution in [2.24, 2.45) is 11.8 Å². The molecule has 1 nitrogen and oxygen atoms in total. The molecule has 1 atom stereocenters. The van der Waals surface area contributed by atoms with E-state index in [2.05, 4.69) is 38.2 Å². The highest BCUT2D eigenvalue weighted by Gasteiger charge is 2.11. The van der Waals surface area contributed by atoms with Gasteiger partial charge in [-0.1, -0.05) is 69.8 Å². The lowest BCUT2D eigenvalue weighted by Crippen LogP contribution is -2.27. The van der Waals surface area contributed by atoms with Crippen LogP contribution in [0.1, 0.15) is 52.0 Å². The summed E-state index contributed by atoms with van der Waals surface area (Å²) in [6.07, 6.45) is 6.34. The first-order chi connectivity index (χ1) is 9.63. The largest absolute Gasteiger partial charge is 0.316 e. The Balaban J connectivity index is 2.50. The molecule has 114 valence electrons. The molecule has 0 heterocycles. The summed E-state index contributed by atoms with van der Waals surface area (Å²) in [6.45, 7) is 8.99. The molecule has 0 aliphatic rings. The summed E-state index contributed by atoms with van der Waals surface area (Å²) in [5.41, 5.74) is 1.29. The first kappa shape index (κ1) is 17.5. The van der Waals surface area contributed by atoms with E-state index >= 15 is 0 Å². The highest BCUT2D eigenvalue weighted by Crippen LogP contribution is 2.21. The molecule has 1 unspecified atom stereocenters. The summed E-state index contributed by atoms with van der Waals surface area (Å²) >= 11 is 6.29. The van der Waals surface area contributed by atoms with Gasteiger partial charge in [0.15, 0.2) is 0 Å². The van der Waals surface area contributed by atoms with Gasteiger partial charge in [0.2, 0.25) is 0 Å². The van der Waals surface area contributed by atoms with Crippen LogP contribution in [0.25, 0.3) is 0 Å². The highest BCUT2D eigenvalue weighted by atomic mass is 35.5. The van der Waals surface area contributed by atoms with Gasteiger partial charge in [0.1, 0.15) is 0 Å². The fourth-order valence-corrected chi connectivity index (χ4v) is 2.72. The first-order valence-electron chi connectivity index (χ1n) is 8.07. The second-order valence-corrected chi connectivity index (χ2v) is 6.62. The number of halogens is 1. The summed E-state index contributed by atoms with van der Waals surface area (Å²) in [4.78, 5) is 0. The molecular formula is C18H30ClN. The van der Waals surface area contributed by atoms with Gasteiger partial charge < -0.3 is 5.32 Å². The number of nitrogens with one attached hydrogen (secondary N) is 1. The zero-order valence-corrected chi connectivity index (χ0v) is 14.0. The van der Waals surface area contributed by atoms with E-state index in [0.717, 1.165) is 24.5 Å². The van der Waals surface area contributed by atoms with Crippen LogP contribution < -0.4 is 5.32 Å². The minimum Gasteiger partial charge on any atom is -0.316 e. The molecule has 0 amide bonds. The molecule has 20 heavy (non-hydrogen) atoms. The van der Waals surface area contributed by atoms with Crippen LogP contribution in [0.15, 0.2) is 24.3 Å². The van der Waals surface area contributed by atoms with Crippen LogP contribution in [0, 0.1) is 11.8 Å². The molecule has 0 aromatic heterocycles. The minimum atomic E-state index is 0.695. The predicted octanol–water partition coefficient (Wildman–Crippen LogP) is 5.32. The first-order valence-corrected chi connectivity index (χ1v) is 8.45. The lowest BCUT2D eigenvalue weighted by atomic mass is 9.93. The molecular weight excluding hydrogens is 266 g/mol. The van der Waals surface area contributed by atoms with Gasteiger partial charge in [0.25, 0.3) is 0 Å². The molecule has 0 saturated heterocycles. The van der Waals surface area contributed by atoms with E-state index in [1.807, 2.05) is 12.1 Å². The Morgan fingerprint density at radius 1 is 1.10 bits per heavy atom. The Labute approximate surface area is 130 Å². The zero-order valence-electron chi connectivity index (χ0n) is 13.3. The van der Waals surface area contributed by atoms with Crippen molar-refractivity contribution < 1.29 is 0 Å². The van der Waals surface area contributed by atoms with Crippen molar-refractivity contribution in [2.45, 2.75) is 52.9 Å². The molecule has 0 bridgehead atoms. The smallest absolute Gasteiger partial charge is 0.0438 e. The second kappa shape index (κ2) is 10.2. The van der Waals surface area contributed by atoms with Crippen molar-refractivity contribution in [1.82, 2.24) is 5.32 Å². The molecule has 1 aromatic rings. The standard InChI is InChI=1S/C18H30ClN/c1-4-5-6-9-16(14-20-13-15(2)3)12-17-10-7-8-11-18(17)19/h7-8,10-11,15-16,20H,4-6,9,12-14H2,1-3H3. The Kier molecular flexibility index (Phi) is 8.97. The summed E-state index contributed by atoms with van der Waals surface area (Å²) < 4.78 is 0. The molecule has 2 heteroatoms. The monoisotopic (exact) mass is 295 g/mol. The van der Waals surface area contributed by atoms with E-state index in [9.17, 15) is 0 Å². The molecule has 1 aromatic carbocycles. The van der Waals surface area contributed by atoms with E-state index in [-0.39, 0.29) is 0 Å². The lowest BCUT2D eigenvalue weighted by Gasteiger charge is -2.19. The van der Waals surface area contributed by atoms with Crippen molar-refractivity contribution in [3.05, 3.63) is 34.9 Å². The number of rotatable bonds is 10. The third-order valence-electron chi connectivity index (χ3n) is 3.67. The average Bonchev–Trinajstić information content (AvgIpc) is 2.41. The predicted molar refractivity (Wildman–Crippen MR) is 90.5 cm³/mol. The Morgan fingerprint density at radius 3 is 2.50 bits per heavy atom. The van der Waals surface area contributed by atoms with Gasteiger partial charge in [-0.3, -0.25) is 0 Å². The third-order valence-corrected chi connectivity index (χ3v) is 4.04. The summed E-state index contributed by atoms with van der Waals surface area (Å²) in [6, 6.07) is 8.26. The summed E-state index contributed by atoms with van der Waals surface area (Å²) in [7, 11) is 0.